The van der Waals surface area contributed by atoms with Crippen molar-refractivity contribution in [3.63, 3.8) is 0 Å². The molecule has 116 valence electrons. The van der Waals surface area contributed by atoms with Gasteiger partial charge in [0.15, 0.2) is 0 Å². The van der Waals surface area contributed by atoms with Crippen molar-refractivity contribution in [1.82, 2.24) is 5.32 Å². The number of nitrogens with one attached hydrogen (secondary N) is 1. The summed E-state index contributed by atoms with van der Waals surface area (Å²) in [7, 11) is 0. The number of aliphatic carboxylic acids is 1. The Morgan fingerprint density at radius 1 is 1.24 bits per heavy atom. The second kappa shape index (κ2) is 7.60. The van der Waals surface area contributed by atoms with Crippen molar-refractivity contribution in [2.45, 2.75) is 52.0 Å². The van der Waals surface area contributed by atoms with E-state index in [1.807, 2.05) is 0 Å². The van der Waals surface area contributed by atoms with Gasteiger partial charge in [0.2, 0.25) is 0 Å². The van der Waals surface area contributed by atoms with Gasteiger partial charge in [0.05, 0.1) is 5.92 Å². The molecule has 1 saturated carbocycles. The molecule has 1 aromatic rings. The van der Waals surface area contributed by atoms with E-state index in [4.69, 9.17) is 5.11 Å². The first-order chi connectivity index (χ1) is 10.1. The predicted molar refractivity (Wildman–Crippen MR) is 85.3 cm³/mol. The fourth-order valence-corrected chi connectivity index (χ4v) is 3.12. The summed E-state index contributed by atoms with van der Waals surface area (Å²) in [6, 6.07) is 9.17. The summed E-state index contributed by atoms with van der Waals surface area (Å²) in [5.41, 5.74) is 2.70. The Hall–Kier alpha value is -1.35. The first kappa shape index (κ1) is 16.0. The van der Waals surface area contributed by atoms with Crippen LogP contribution in [0.15, 0.2) is 24.3 Å². The summed E-state index contributed by atoms with van der Waals surface area (Å²) in [6.07, 6.45) is 4.81. The highest BCUT2D eigenvalue weighted by atomic mass is 16.4. The molecule has 0 radical (unpaired) electrons. The van der Waals surface area contributed by atoms with Crippen LogP contribution in [0.3, 0.4) is 0 Å². The van der Waals surface area contributed by atoms with Crippen molar-refractivity contribution < 1.29 is 9.90 Å². The van der Waals surface area contributed by atoms with Gasteiger partial charge in [0, 0.05) is 6.04 Å². The number of carboxylic acids is 1. The molecule has 1 aromatic carbocycles. The van der Waals surface area contributed by atoms with Crippen molar-refractivity contribution in [3.8, 4) is 0 Å². The lowest BCUT2D eigenvalue weighted by atomic mass is 9.82. The first-order valence-electron chi connectivity index (χ1n) is 8.15. The maximum Gasteiger partial charge on any atom is 0.306 e. The topological polar surface area (TPSA) is 49.3 Å². The highest BCUT2D eigenvalue weighted by Gasteiger charge is 2.25. The van der Waals surface area contributed by atoms with Crippen LogP contribution in [0.25, 0.3) is 0 Å². The van der Waals surface area contributed by atoms with E-state index in [0.717, 1.165) is 38.6 Å². The Kier molecular flexibility index (Phi) is 5.80. The van der Waals surface area contributed by atoms with Gasteiger partial charge in [0.25, 0.3) is 0 Å². The molecule has 2 N–H and O–H groups in total. The molecular formula is C18H27NO2. The minimum Gasteiger partial charge on any atom is -0.481 e. The third-order valence-electron chi connectivity index (χ3n) is 4.80. The Balaban J connectivity index is 1.76. The van der Waals surface area contributed by atoms with Crippen molar-refractivity contribution in [1.29, 1.82) is 0 Å². The second-order valence-electron chi connectivity index (χ2n) is 6.28. The summed E-state index contributed by atoms with van der Waals surface area (Å²) in [5.74, 6) is -0.107. The van der Waals surface area contributed by atoms with Gasteiger partial charge < -0.3 is 10.4 Å². The van der Waals surface area contributed by atoms with E-state index in [2.05, 4.69) is 43.4 Å². The van der Waals surface area contributed by atoms with Crippen LogP contribution >= 0.6 is 0 Å². The Labute approximate surface area is 127 Å². The van der Waals surface area contributed by atoms with E-state index in [1.54, 1.807) is 0 Å². The summed E-state index contributed by atoms with van der Waals surface area (Å²) in [6.45, 7) is 5.36. The van der Waals surface area contributed by atoms with Crippen LogP contribution in [0.1, 0.15) is 56.7 Å². The van der Waals surface area contributed by atoms with Gasteiger partial charge in [-0.3, -0.25) is 4.79 Å². The van der Waals surface area contributed by atoms with E-state index in [-0.39, 0.29) is 5.92 Å². The van der Waals surface area contributed by atoms with Crippen molar-refractivity contribution in [3.05, 3.63) is 35.4 Å². The van der Waals surface area contributed by atoms with Crippen LogP contribution in [0.2, 0.25) is 0 Å². The monoisotopic (exact) mass is 289 g/mol. The van der Waals surface area contributed by atoms with E-state index in [9.17, 15) is 4.79 Å². The average molecular weight is 289 g/mol. The molecule has 3 heteroatoms. The summed E-state index contributed by atoms with van der Waals surface area (Å²) >= 11 is 0. The minimum atomic E-state index is -0.620. The Bertz CT molecular complexity index is 447. The third-order valence-corrected chi connectivity index (χ3v) is 4.80. The fourth-order valence-electron chi connectivity index (χ4n) is 3.12. The van der Waals surface area contributed by atoms with Gasteiger partial charge in [-0.25, -0.2) is 0 Å². The molecule has 0 saturated heterocycles. The largest absolute Gasteiger partial charge is 0.481 e. The van der Waals surface area contributed by atoms with Gasteiger partial charge in [0.1, 0.15) is 0 Å². The number of benzene rings is 1. The lowest BCUT2D eigenvalue weighted by Gasteiger charge is -2.27. The van der Waals surface area contributed by atoms with Gasteiger partial charge in [-0.15, -0.1) is 0 Å². The SMILES string of the molecule is CCc1ccc(C(C)NCC2CCC(C(=O)O)CC2)cc1. The predicted octanol–water partition coefficient (Wildman–Crippen LogP) is 3.79. The van der Waals surface area contributed by atoms with Gasteiger partial charge >= 0.3 is 5.97 Å². The summed E-state index contributed by atoms with van der Waals surface area (Å²) in [4.78, 5) is 10.9. The van der Waals surface area contributed by atoms with E-state index >= 15 is 0 Å². The van der Waals surface area contributed by atoms with Crippen molar-refractivity contribution in [2.75, 3.05) is 6.54 Å². The van der Waals surface area contributed by atoms with Crippen molar-refractivity contribution in [2.24, 2.45) is 11.8 Å². The molecule has 2 rings (SSSR count). The highest BCUT2D eigenvalue weighted by molar-refractivity contribution is 5.69. The molecule has 1 unspecified atom stereocenters. The van der Waals surface area contributed by atoms with Crippen LogP contribution in [0.4, 0.5) is 0 Å². The van der Waals surface area contributed by atoms with E-state index in [0.29, 0.717) is 12.0 Å². The lowest BCUT2D eigenvalue weighted by Crippen LogP contribution is -2.30. The number of hydrogen-bond acceptors (Lipinski definition) is 2. The fraction of sp³-hybridized carbons (Fsp3) is 0.611. The number of hydrogen-bond donors (Lipinski definition) is 2. The maximum absolute atomic E-state index is 10.9. The number of aryl methyl sites for hydroxylation is 1. The second-order valence-corrected chi connectivity index (χ2v) is 6.28. The van der Waals surface area contributed by atoms with Gasteiger partial charge in [-0.2, -0.15) is 0 Å². The molecule has 1 atom stereocenters. The quantitative estimate of drug-likeness (QED) is 0.837. The maximum atomic E-state index is 10.9. The van der Waals surface area contributed by atoms with Gasteiger partial charge in [-0.1, -0.05) is 31.2 Å². The third kappa shape index (κ3) is 4.57. The van der Waals surface area contributed by atoms with Crippen LogP contribution in [0.5, 0.6) is 0 Å². The molecule has 1 aliphatic rings. The smallest absolute Gasteiger partial charge is 0.306 e. The standard InChI is InChI=1S/C18H27NO2/c1-3-14-4-8-16(9-5-14)13(2)19-12-15-6-10-17(11-7-15)18(20)21/h4-5,8-9,13,15,17,19H,3,6-7,10-12H2,1-2H3,(H,20,21). The highest BCUT2D eigenvalue weighted by Crippen LogP contribution is 2.29. The number of carbonyl (C=O) groups is 1. The van der Waals surface area contributed by atoms with Crippen LogP contribution in [-0.2, 0) is 11.2 Å². The molecule has 1 fully saturated rings. The van der Waals surface area contributed by atoms with E-state index in [1.165, 1.54) is 11.1 Å². The minimum absolute atomic E-state index is 0.111. The molecule has 0 bridgehead atoms. The van der Waals surface area contributed by atoms with Crippen molar-refractivity contribution >= 4 is 5.97 Å². The zero-order valence-electron chi connectivity index (χ0n) is 13.1. The summed E-state index contributed by atoms with van der Waals surface area (Å²) < 4.78 is 0. The Morgan fingerprint density at radius 2 is 1.86 bits per heavy atom. The zero-order chi connectivity index (χ0) is 15.2. The molecule has 0 heterocycles. The molecule has 0 amide bonds. The summed E-state index contributed by atoms with van der Waals surface area (Å²) in [5, 5.41) is 12.6. The normalized spacial score (nSPS) is 23.7. The number of rotatable bonds is 6. The average Bonchev–Trinajstić information content (AvgIpc) is 2.53. The van der Waals surface area contributed by atoms with E-state index < -0.39 is 5.97 Å². The molecule has 0 aromatic heterocycles. The molecule has 1 aliphatic carbocycles. The van der Waals surface area contributed by atoms with Crippen LogP contribution < -0.4 is 5.32 Å². The molecule has 21 heavy (non-hydrogen) atoms. The van der Waals surface area contributed by atoms with Crippen LogP contribution in [-0.4, -0.2) is 17.6 Å². The molecule has 0 spiro atoms. The molecule has 3 nitrogen and oxygen atoms in total. The Morgan fingerprint density at radius 3 is 2.38 bits per heavy atom. The first-order valence-corrected chi connectivity index (χ1v) is 8.15. The van der Waals surface area contributed by atoms with Gasteiger partial charge in [-0.05, 0) is 62.6 Å². The number of carboxylic acid groups (broad SMARTS) is 1. The zero-order valence-corrected chi connectivity index (χ0v) is 13.1. The lowest BCUT2D eigenvalue weighted by molar-refractivity contribution is -0.143. The molecule has 0 aliphatic heterocycles. The molecular weight excluding hydrogens is 262 g/mol. The van der Waals surface area contributed by atoms with Crippen LogP contribution in [0, 0.1) is 11.8 Å².